The standard InChI is InChI=1S/C54H90N22O19S3/c1-6-23(2)42(76-48(89)31(13-36(56)79)74-46(87)28(8-7-11-61-54(58)59)73-47(88)30(12-27-14-60-22-66-27)70-38(81)17-64-51(92)41(57)26(5)77)52(93)65-18-40(83)72-33(20-97)50(91)75-34(21-98)49(90)67-24(3)43(84)62-15-39(82)71-32(19-96)44(85)63-16-37(80)69-29(9-10-35(55)78)45(86)68-25(4)53(94)95/h14,22-26,28-34,41-42,77,96-98H,6-13,15-21,57H2,1-5H3,(H2,55,78)(H2,56,79)(H,60,66)(H,62,84)(H,63,85)(H,64,92)(H,65,93)(H,67,90)(H,68,86)(H,69,80)(H,70,81)(H,71,82)(H,72,83)(H,73,88)(H,74,87)(H,75,91)(H,76,89)(H,94,95)(H4,58,59,61)/t23-,24-,25-,26+,28-,29-,30-,31-,32-,33-,34-,41-,42-/m0/s1. The monoisotopic (exact) mass is 1450 g/mol. The lowest BCUT2D eigenvalue weighted by atomic mass is 9.97. The molecule has 13 atom stereocenters. The van der Waals surface area contributed by atoms with Crippen molar-refractivity contribution < 1.29 is 91.7 Å². The van der Waals surface area contributed by atoms with Crippen LogP contribution in [0.3, 0.4) is 0 Å². The number of aliphatic carboxylic acids is 1. The smallest absolute Gasteiger partial charge is 0.325 e. The molecular weight excluding hydrogens is 1360 g/mol. The number of H-pyrrole nitrogens is 1. The van der Waals surface area contributed by atoms with Crippen LogP contribution in [0.5, 0.6) is 0 Å². The number of carboxylic acids is 1. The molecule has 0 spiro atoms. The Bertz CT molecular complexity index is 3000. The molecule has 16 amide bonds. The summed E-state index contributed by atoms with van der Waals surface area (Å²) < 4.78 is 0. The number of carbonyl (C=O) groups excluding carboxylic acids is 16. The number of hydrogen-bond acceptors (Lipinski definition) is 24. The Labute approximate surface area is 578 Å². The molecule has 44 heteroatoms. The van der Waals surface area contributed by atoms with E-state index in [1.54, 1.807) is 13.8 Å². The van der Waals surface area contributed by atoms with E-state index in [2.05, 4.69) is 127 Å². The highest BCUT2D eigenvalue weighted by atomic mass is 32.1. The average Bonchev–Trinajstić information content (AvgIpc) is 1.04. The normalized spacial score (nSPS) is 14.8. The summed E-state index contributed by atoms with van der Waals surface area (Å²) in [5.74, 6) is -18.8. The zero-order chi connectivity index (χ0) is 74.5. The molecule has 548 valence electrons. The van der Waals surface area contributed by atoms with Crippen molar-refractivity contribution in [1.82, 2.24) is 84.4 Å². The number of aromatic amines is 1. The fourth-order valence-corrected chi connectivity index (χ4v) is 8.82. The molecule has 0 unspecified atom stereocenters. The van der Waals surface area contributed by atoms with Crippen molar-refractivity contribution in [3.8, 4) is 0 Å². The highest BCUT2D eigenvalue weighted by molar-refractivity contribution is 7.80. The van der Waals surface area contributed by atoms with E-state index in [1.807, 2.05) is 0 Å². The minimum absolute atomic E-state index is 0.0319. The second-order valence-electron chi connectivity index (χ2n) is 21.9. The Morgan fingerprint density at radius 2 is 0.929 bits per heavy atom. The molecule has 1 rings (SSSR count). The molecule has 1 aromatic heterocycles. The van der Waals surface area contributed by atoms with Crippen LogP contribution in [0.1, 0.15) is 78.8 Å². The Morgan fingerprint density at radius 3 is 1.42 bits per heavy atom. The topological polar surface area (TPSA) is 670 Å². The Hall–Kier alpha value is -9.56. The predicted octanol–water partition coefficient (Wildman–Crippen LogP) is -11.9. The van der Waals surface area contributed by atoms with Crippen molar-refractivity contribution in [3.63, 3.8) is 0 Å². The number of aliphatic hydroxyl groups excluding tert-OH is 1. The van der Waals surface area contributed by atoms with Gasteiger partial charge in [0.15, 0.2) is 5.96 Å². The van der Waals surface area contributed by atoms with Crippen LogP contribution in [-0.4, -0.2) is 249 Å². The summed E-state index contributed by atoms with van der Waals surface area (Å²) in [7, 11) is 0. The number of guanidine groups is 1. The number of primary amides is 2. The molecule has 0 bridgehead atoms. The number of imidazole rings is 1. The van der Waals surface area contributed by atoms with Crippen LogP contribution < -0.4 is 103 Å². The summed E-state index contributed by atoms with van der Waals surface area (Å²) in [6.07, 6.45) is -0.337. The molecule has 0 saturated heterocycles. The van der Waals surface area contributed by atoms with E-state index >= 15 is 0 Å². The number of nitrogens with zero attached hydrogens (tertiary/aromatic N) is 2. The van der Waals surface area contributed by atoms with Gasteiger partial charge in [0, 0.05) is 48.5 Å². The summed E-state index contributed by atoms with van der Waals surface area (Å²) in [6.45, 7) is 3.76. The summed E-state index contributed by atoms with van der Waals surface area (Å²) >= 11 is 12.3. The summed E-state index contributed by atoms with van der Waals surface area (Å²) in [4.78, 5) is 230. The van der Waals surface area contributed by atoms with Gasteiger partial charge in [-0.3, -0.25) is 86.5 Å². The van der Waals surface area contributed by atoms with Crippen molar-refractivity contribution in [3.05, 3.63) is 18.2 Å². The maximum Gasteiger partial charge on any atom is 0.325 e. The van der Waals surface area contributed by atoms with Gasteiger partial charge >= 0.3 is 5.97 Å². The van der Waals surface area contributed by atoms with Gasteiger partial charge in [0.1, 0.15) is 66.5 Å². The average molecular weight is 1450 g/mol. The van der Waals surface area contributed by atoms with Crippen molar-refractivity contribution in [2.75, 3.05) is 50.0 Å². The summed E-state index contributed by atoms with van der Waals surface area (Å²) in [5, 5.41) is 51.2. The lowest BCUT2D eigenvalue weighted by Crippen LogP contribution is -2.60. The first-order chi connectivity index (χ1) is 46.0. The lowest BCUT2D eigenvalue weighted by Gasteiger charge is -2.28. The van der Waals surface area contributed by atoms with Crippen molar-refractivity contribution in [2.45, 2.75) is 152 Å². The third-order valence-corrected chi connectivity index (χ3v) is 14.9. The number of carbonyl (C=O) groups is 17. The lowest BCUT2D eigenvalue weighted by molar-refractivity contribution is -0.142. The highest BCUT2D eigenvalue weighted by Crippen LogP contribution is 2.11. The molecule has 41 nitrogen and oxygen atoms in total. The first kappa shape index (κ1) is 86.5. The highest BCUT2D eigenvalue weighted by Gasteiger charge is 2.36. The first-order valence-electron chi connectivity index (χ1n) is 30.2. The first-order valence-corrected chi connectivity index (χ1v) is 32.1. The van der Waals surface area contributed by atoms with Gasteiger partial charge in [0.25, 0.3) is 0 Å². The van der Waals surface area contributed by atoms with Gasteiger partial charge in [-0.25, -0.2) is 4.98 Å². The van der Waals surface area contributed by atoms with Crippen LogP contribution in [-0.2, 0) is 87.9 Å². The maximum atomic E-state index is 14.1. The van der Waals surface area contributed by atoms with E-state index in [-0.39, 0.29) is 68.3 Å². The number of aliphatic imine (C=N–C) groups is 1. The number of thiol groups is 3. The maximum absolute atomic E-state index is 14.1. The minimum Gasteiger partial charge on any atom is -0.480 e. The molecule has 1 aromatic rings. The van der Waals surface area contributed by atoms with E-state index in [1.165, 1.54) is 26.4 Å². The quantitative estimate of drug-likeness (QED) is 0.0125. The molecule has 27 N–H and O–H groups in total. The van der Waals surface area contributed by atoms with Crippen LogP contribution in [0.4, 0.5) is 0 Å². The second kappa shape index (κ2) is 45.0. The zero-order valence-corrected chi connectivity index (χ0v) is 56.9. The van der Waals surface area contributed by atoms with Crippen molar-refractivity contribution in [2.24, 2.45) is 39.6 Å². The molecule has 0 radical (unpaired) electrons. The van der Waals surface area contributed by atoms with Crippen LogP contribution >= 0.6 is 37.9 Å². The number of aromatic nitrogens is 2. The van der Waals surface area contributed by atoms with Gasteiger partial charge in [-0.15, -0.1) is 0 Å². The Morgan fingerprint density at radius 1 is 0.510 bits per heavy atom. The van der Waals surface area contributed by atoms with Gasteiger partial charge in [-0.05, 0) is 46.0 Å². The van der Waals surface area contributed by atoms with E-state index in [0.717, 1.165) is 6.92 Å². The molecule has 0 saturated carbocycles. The van der Waals surface area contributed by atoms with Crippen molar-refractivity contribution >= 4 is 144 Å². The fraction of sp³-hybridized carbons (Fsp3) is 0.611. The minimum atomic E-state index is -1.80. The molecule has 0 aliphatic rings. The van der Waals surface area contributed by atoms with Crippen LogP contribution in [0, 0.1) is 5.92 Å². The molecule has 0 fully saturated rings. The number of nitrogens with one attached hydrogen (secondary N) is 15. The molecular formula is C54H90N22O19S3. The number of carboxylic acid groups (broad SMARTS) is 1. The molecule has 0 aliphatic carbocycles. The van der Waals surface area contributed by atoms with Crippen LogP contribution in [0.2, 0.25) is 0 Å². The summed E-state index contributed by atoms with van der Waals surface area (Å²) in [5.41, 5.74) is 27.5. The number of aliphatic hydroxyl groups is 1. The van der Waals surface area contributed by atoms with Crippen LogP contribution in [0.25, 0.3) is 0 Å². The van der Waals surface area contributed by atoms with E-state index in [4.69, 9.17) is 33.8 Å². The fourth-order valence-electron chi connectivity index (χ4n) is 8.05. The molecule has 98 heavy (non-hydrogen) atoms. The summed E-state index contributed by atoms with van der Waals surface area (Å²) in [6, 6.07) is -16.1. The van der Waals surface area contributed by atoms with Crippen molar-refractivity contribution in [1.29, 1.82) is 0 Å². The van der Waals surface area contributed by atoms with Gasteiger partial charge < -0.3 is 118 Å². The number of nitrogens with two attached hydrogens (primary N) is 5. The molecule has 0 aromatic carbocycles. The van der Waals surface area contributed by atoms with Gasteiger partial charge in [0.05, 0.1) is 45.0 Å². The number of hydrogen-bond donors (Lipinski definition) is 25. The largest absolute Gasteiger partial charge is 0.480 e. The molecule has 0 aliphatic heterocycles. The van der Waals surface area contributed by atoms with Gasteiger partial charge in [-0.2, -0.15) is 37.9 Å². The Kier molecular flexibility index (Phi) is 39.7. The Balaban J connectivity index is 3.05. The van der Waals surface area contributed by atoms with Gasteiger partial charge in [0.2, 0.25) is 94.5 Å². The third kappa shape index (κ3) is 33.4. The SMILES string of the molecule is CC[C@H](C)[C@H](NC(=O)[C@H](CC(N)=O)NC(=O)[C@H](CCCN=C(N)N)NC(=O)[C@H](Cc1cnc[nH]1)NC(=O)CNC(=O)[C@@H](N)[C@@H](C)O)C(=O)NCC(=O)N[C@@H](CS)C(=O)N[C@@H](CS)C(=O)N[C@@H](C)C(=O)NCC(=O)N[C@@H](CS)C(=O)NCC(=O)N[C@@H](CCC(N)=O)C(=O)N[C@@H](C)C(=O)O. The zero-order valence-electron chi connectivity index (χ0n) is 54.2. The van der Waals surface area contributed by atoms with E-state index < -0.39 is 212 Å². The van der Waals surface area contributed by atoms with E-state index in [0.29, 0.717) is 5.69 Å². The van der Waals surface area contributed by atoms with Crippen LogP contribution in [0.15, 0.2) is 17.5 Å². The molecule has 1 heterocycles. The number of rotatable bonds is 46. The second-order valence-corrected chi connectivity index (χ2v) is 23.0. The predicted molar refractivity (Wildman–Crippen MR) is 355 cm³/mol. The van der Waals surface area contributed by atoms with E-state index in [9.17, 15) is 86.6 Å². The van der Waals surface area contributed by atoms with Gasteiger partial charge in [-0.1, -0.05) is 20.3 Å². The number of amides is 16. The third-order valence-electron chi connectivity index (χ3n) is 13.9.